The molecule has 0 amide bonds. The van der Waals surface area contributed by atoms with E-state index in [9.17, 15) is 10.1 Å². The van der Waals surface area contributed by atoms with Gasteiger partial charge in [-0.2, -0.15) is 0 Å². The summed E-state index contributed by atoms with van der Waals surface area (Å²) < 4.78 is 0. The number of pyridine rings is 1. The fourth-order valence-corrected chi connectivity index (χ4v) is 4.05. The van der Waals surface area contributed by atoms with E-state index in [4.69, 9.17) is 0 Å². The second kappa shape index (κ2) is 7.64. The number of rotatable bonds is 6. The monoisotopic (exact) mass is 309 g/mol. The Morgan fingerprint density at radius 2 is 2.29 bits per heavy atom. The van der Waals surface area contributed by atoms with Crippen molar-refractivity contribution < 1.29 is 4.92 Å². The molecule has 1 aliphatic carbocycles. The van der Waals surface area contributed by atoms with E-state index in [-0.39, 0.29) is 10.6 Å². The van der Waals surface area contributed by atoms with Gasteiger partial charge in [0.15, 0.2) is 0 Å². The predicted molar refractivity (Wildman–Crippen MR) is 86.9 cm³/mol. The number of hydrogen-bond acceptors (Lipinski definition) is 5. The zero-order valence-corrected chi connectivity index (χ0v) is 13.5. The first kappa shape index (κ1) is 16.1. The Kier molecular flexibility index (Phi) is 5.85. The standard InChI is InChI=1S/C15H23N3O2S/c1-3-7-16-14-9-12(18(19)20)10-15(17-14)21-13-6-4-5-11(2)8-13/h9-11,13H,3-8H2,1-2H3,(H,16,17). The predicted octanol–water partition coefficient (Wildman–Crippen LogP) is 4.48. The van der Waals surface area contributed by atoms with Gasteiger partial charge in [0.25, 0.3) is 5.69 Å². The van der Waals surface area contributed by atoms with E-state index in [0.717, 1.165) is 23.9 Å². The second-order valence-corrected chi connectivity index (χ2v) is 7.06. The highest BCUT2D eigenvalue weighted by atomic mass is 32.2. The summed E-state index contributed by atoms with van der Waals surface area (Å²) in [6, 6.07) is 3.12. The van der Waals surface area contributed by atoms with Crippen molar-refractivity contribution in [2.75, 3.05) is 11.9 Å². The van der Waals surface area contributed by atoms with Crippen LogP contribution in [0.15, 0.2) is 17.2 Å². The lowest BCUT2D eigenvalue weighted by Gasteiger charge is -2.25. The van der Waals surface area contributed by atoms with Gasteiger partial charge in [-0.1, -0.05) is 26.7 Å². The van der Waals surface area contributed by atoms with Gasteiger partial charge in [0.1, 0.15) is 10.8 Å². The minimum absolute atomic E-state index is 0.120. The Balaban J connectivity index is 2.12. The fraction of sp³-hybridized carbons (Fsp3) is 0.667. The van der Waals surface area contributed by atoms with E-state index in [1.54, 1.807) is 17.8 Å². The summed E-state index contributed by atoms with van der Waals surface area (Å²) in [7, 11) is 0. The van der Waals surface area contributed by atoms with Crippen LogP contribution in [-0.4, -0.2) is 21.7 Å². The molecule has 2 rings (SSSR count). The number of aromatic nitrogens is 1. The van der Waals surface area contributed by atoms with Gasteiger partial charge in [-0.15, -0.1) is 11.8 Å². The van der Waals surface area contributed by atoms with Crippen LogP contribution >= 0.6 is 11.8 Å². The molecule has 0 bridgehead atoms. The van der Waals surface area contributed by atoms with Crippen molar-refractivity contribution in [2.45, 2.75) is 56.2 Å². The molecular weight excluding hydrogens is 286 g/mol. The molecule has 0 spiro atoms. The fourth-order valence-electron chi connectivity index (χ4n) is 2.66. The molecule has 1 aromatic rings. The Morgan fingerprint density at radius 3 is 2.95 bits per heavy atom. The zero-order valence-electron chi connectivity index (χ0n) is 12.7. The average molecular weight is 309 g/mol. The third-order valence-electron chi connectivity index (χ3n) is 3.73. The van der Waals surface area contributed by atoms with Gasteiger partial charge in [0.05, 0.1) is 11.0 Å². The zero-order chi connectivity index (χ0) is 15.2. The SMILES string of the molecule is CCCNc1cc([N+](=O)[O-])cc(SC2CCCC(C)C2)n1. The number of anilines is 1. The van der Waals surface area contributed by atoms with Gasteiger partial charge < -0.3 is 5.32 Å². The Morgan fingerprint density at radius 1 is 1.48 bits per heavy atom. The van der Waals surface area contributed by atoms with E-state index < -0.39 is 0 Å². The lowest BCUT2D eigenvalue weighted by molar-refractivity contribution is -0.385. The van der Waals surface area contributed by atoms with E-state index >= 15 is 0 Å². The molecule has 1 fully saturated rings. The smallest absolute Gasteiger partial charge is 0.275 e. The number of nitrogens with one attached hydrogen (secondary N) is 1. The highest BCUT2D eigenvalue weighted by Crippen LogP contribution is 2.36. The lowest BCUT2D eigenvalue weighted by Crippen LogP contribution is -2.15. The van der Waals surface area contributed by atoms with Crippen molar-refractivity contribution in [1.29, 1.82) is 0 Å². The molecule has 1 saturated carbocycles. The Bertz CT molecular complexity index is 496. The van der Waals surface area contributed by atoms with Gasteiger partial charge >= 0.3 is 0 Å². The van der Waals surface area contributed by atoms with Crippen molar-refractivity contribution in [3.63, 3.8) is 0 Å². The highest BCUT2D eigenvalue weighted by Gasteiger charge is 2.21. The topological polar surface area (TPSA) is 68.1 Å². The highest BCUT2D eigenvalue weighted by molar-refractivity contribution is 7.99. The summed E-state index contributed by atoms with van der Waals surface area (Å²) in [5.74, 6) is 1.35. The number of nitrogens with zero attached hydrogens (tertiary/aromatic N) is 2. The summed E-state index contributed by atoms with van der Waals surface area (Å²) in [6.45, 7) is 5.12. The molecule has 21 heavy (non-hydrogen) atoms. The molecule has 1 aliphatic rings. The van der Waals surface area contributed by atoms with Crippen molar-refractivity contribution >= 4 is 23.3 Å². The third kappa shape index (κ3) is 4.88. The maximum atomic E-state index is 11.1. The van der Waals surface area contributed by atoms with Crippen molar-refractivity contribution in [1.82, 2.24) is 4.98 Å². The summed E-state index contributed by atoms with van der Waals surface area (Å²) in [5.41, 5.74) is 0.120. The van der Waals surface area contributed by atoms with Crippen LogP contribution in [0.5, 0.6) is 0 Å². The Labute approximate surface area is 130 Å². The first-order valence-corrected chi connectivity index (χ1v) is 8.53. The quantitative estimate of drug-likeness (QED) is 0.619. The minimum Gasteiger partial charge on any atom is -0.370 e. The lowest BCUT2D eigenvalue weighted by atomic mass is 9.91. The van der Waals surface area contributed by atoms with Crippen LogP contribution in [0.4, 0.5) is 11.5 Å². The van der Waals surface area contributed by atoms with E-state index in [1.165, 1.54) is 31.7 Å². The maximum absolute atomic E-state index is 11.1. The van der Waals surface area contributed by atoms with Gasteiger partial charge in [-0.05, 0) is 25.2 Å². The van der Waals surface area contributed by atoms with Gasteiger partial charge in [-0.3, -0.25) is 10.1 Å². The number of thioether (sulfide) groups is 1. The van der Waals surface area contributed by atoms with Gasteiger partial charge in [-0.25, -0.2) is 4.98 Å². The molecule has 6 heteroatoms. The molecule has 0 aliphatic heterocycles. The first-order valence-electron chi connectivity index (χ1n) is 7.65. The minimum atomic E-state index is -0.341. The van der Waals surface area contributed by atoms with E-state index in [1.807, 2.05) is 0 Å². The summed E-state index contributed by atoms with van der Waals surface area (Å²) in [6.07, 6.45) is 5.86. The van der Waals surface area contributed by atoms with Crippen LogP contribution in [-0.2, 0) is 0 Å². The molecule has 2 atom stereocenters. The Hall–Kier alpha value is -1.30. The molecule has 1 N–H and O–H groups in total. The van der Waals surface area contributed by atoms with Crippen molar-refractivity contribution in [3.05, 3.63) is 22.2 Å². The van der Waals surface area contributed by atoms with Crippen molar-refractivity contribution in [3.8, 4) is 0 Å². The summed E-state index contributed by atoms with van der Waals surface area (Å²) in [5, 5.41) is 15.5. The normalized spacial score (nSPS) is 22.0. The van der Waals surface area contributed by atoms with Crippen LogP contribution in [0.3, 0.4) is 0 Å². The molecule has 0 radical (unpaired) electrons. The van der Waals surface area contributed by atoms with Gasteiger partial charge in [0.2, 0.25) is 0 Å². The van der Waals surface area contributed by atoms with Gasteiger partial charge in [0, 0.05) is 17.9 Å². The summed E-state index contributed by atoms with van der Waals surface area (Å²) in [4.78, 5) is 15.2. The van der Waals surface area contributed by atoms with Crippen molar-refractivity contribution in [2.24, 2.45) is 5.92 Å². The average Bonchev–Trinajstić information content (AvgIpc) is 2.45. The van der Waals surface area contributed by atoms with Crippen LogP contribution < -0.4 is 5.32 Å². The van der Waals surface area contributed by atoms with Crippen LogP contribution in [0.25, 0.3) is 0 Å². The molecule has 116 valence electrons. The number of hydrogen-bond donors (Lipinski definition) is 1. The molecule has 0 saturated heterocycles. The van der Waals surface area contributed by atoms with E-state index in [0.29, 0.717) is 11.1 Å². The number of nitro groups is 1. The molecule has 0 aromatic carbocycles. The molecule has 2 unspecified atom stereocenters. The van der Waals surface area contributed by atoms with Crippen LogP contribution in [0, 0.1) is 16.0 Å². The molecular formula is C15H23N3O2S. The van der Waals surface area contributed by atoms with E-state index in [2.05, 4.69) is 24.1 Å². The summed E-state index contributed by atoms with van der Waals surface area (Å²) >= 11 is 1.69. The third-order valence-corrected chi connectivity index (χ3v) is 4.94. The first-order chi connectivity index (χ1) is 10.1. The molecule has 5 nitrogen and oxygen atoms in total. The maximum Gasteiger partial charge on any atom is 0.275 e. The molecule has 1 heterocycles. The van der Waals surface area contributed by atoms with Crippen LogP contribution in [0.1, 0.15) is 46.0 Å². The second-order valence-electron chi connectivity index (χ2n) is 5.74. The molecule has 1 aromatic heterocycles. The van der Waals surface area contributed by atoms with Crippen LogP contribution in [0.2, 0.25) is 0 Å². The largest absolute Gasteiger partial charge is 0.370 e.